The van der Waals surface area contributed by atoms with Gasteiger partial charge in [0.15, 0.2) is 0 Å². The molecule has 0 atom stereocenters. The Morgan fingerprint density at radius 3 is 2.44 bits per heavy atom. The Morgan fingerprint density at radius 2 is 1.83 bits per heavy atom. The van der Waals surface area contributed by atoms with Crippen molar-refractivity contribution in [2.45, 2.75) is 0 Å². The molecule has 1 aromatic carbocycles. The first-order valence-electron chi connectivity index (χ1n) is 4.96. The fraction of sp³-hybridized carbons (Fsp3) is 0.300. The van der Waals surface area contributed by atoms with Crippen LogP contribution in [0.5, 0.6) is 11.5 Å². The molecule has 0 aliphatic carbocycles. The third kappa shape index (κ3) is 6.13. The molecule has 0 amide bonds. The van der Waals surface area contributed by atoms with E-state index in [0.29, 0.717) is 0 Å². The van der Waals surface area contributed by atoms with E-state index in [1.807, 2.05) is 0 Å². The van der Waals surface area contributed by atoms with Crippen molar-refractivity contribution in [1.82, 2.24) is 5.39 Å². The number of phenols is 1. The Labute approximate surface area is 102 Å². The van der Waals surface area contributed by atoms with Gasteiger partial charge in [0.05, 0.1) is 18.6 Å². The third-order valence-electron chi connectivity index (χ3n) is 1.72. The van der Waals surface area contributed by atoms with Crippen molar-refractivity contribution >= 4 is 5.97 Å². The zero-order valence-electron chi connectivity index (χ0n) is 9.35. The molecule has 8 heteroatoms. The van der Waals surface area contributed by atoms with Crippen LogP contribution in [0, 0.1) is 0 Å². The van der Waals surface area contributed by atoms with E-state index in [1.54, 1.807) is 0 Å². The molecule has 0 fully saturated rings. The zero-order valence-corrected chi connectivity index (χ0v) is 9.35. The fourth-order valence-corrected chi connectivity index (χ4v) is 1.01. The average molecular weight is 259 g/mol. The average Bonchev–Trinajstić information content (AvgIpc) is 2.31. The number of esters is 1. The van der Waals surface area contributed by atoms with Gasteiger partial charge in [0, 0.05) is 0 Å². The number of carbonyl (C=O) groups excluding carboxylic acids is 1. The highest BCUT2D eigenvalue weighted by atomic mass is 17.1. The highest BCUT2D eigenvalue weighted by molar-refractivity contribution is 5.73. The van der Waals surface area contributed by atoms with Crippen LogP contribution < -0.4 is 4.74 Å². The first-order chi connectivity index (χ1) is 8.58. The van der Waals surface area contributed by atoms with Gasteiger partial charge in [-0.15, -0.1) is 0 Å². The maximum absolute atomic E-state index is 11.2. The van der Waals surface area contributed by atoms with Gasteiger partial charge in [-0.25, -0.2) is 9.63 Å². The Hall–Kier alpha value is -1.71. The van der Waals surface area contributed by atoms with Crippen LogP contribution >= 0.6 is 0 Å². The molecule has 0 heterocycles. The number of nitrogens with zero attached hydrogens (tertiary/aromatic N) is 1. The number of hydrogen-bond donors (Lipinski definition) is 3. The van der Waals surface area contributed by atoms with Crippen molar-refractivity contribution in [2.24, 2.45) is 0 Å². The lowest BCUT2D eigenvalue weighted by Gasteiger charge is -2.07. The lowest BCUT2D eigenvalue weighted by atomic mass is 10.3. The van der Waals surface area contributed by atoms with Gasteiger partial charge < -0.3 is 14.6 Å². The molecule has 0 aliphatic heterocycles. The van der Waals surface area contributed by atoms with Gasteiger partial charge in [-0.1, -0.05) is 0 Å². The second-order valence-electron chi connectivity index (χ2n) is 3.11. The van der Waals surface area contributed by atoms with Gasteiger partial charge in [-0.3, -0.25) is 10.4 Å². The number of benzene rings is 1. The highest BCUT2D eigenvalue weighted by Gasteiger charge is 2.05. The molecular formula is C10H13NO7. The molecule has 8 nitrogen and oxygen atoms in total. The van der Waals surface area contributed by atoms with E-state index in [9.17, 15) is 4.79 Å². The summed E-state index contributed by atoms with van der Waals surface area (Å²) < 4.78 is 9.72. The smallest absolute Gasteiger partial charge is 0.337 e. The molecule has 0 saturated heterocycles. The summed E-state index contributed by atoms with van der Waals surface area (Å²) in [6, 6.07) is 5.64. The molecular weight excluding hydrogens is 246 g/mol. The molecule has 18 heavy (non-hydrogen) atoms. The second-order valence-corrected chi connectivity index (χ2v) is 3.11. The van der Waals surface area contributed by atoms with Crippen LogP contribution in [0.2, 0.25) is 0 Å². The molecule has 1 aromatic rings. The molecule has 0 aliphatic rings. The van der Waals surface area contributed by atoms with Crippen LogP contribution in [0.1, 0.15) is 0 Å². The number of carbonyl (C=O) groups is 1. The molecule has 100 valence electrons. The lowest BCUT2D eigenvalue weighted by Crippen LogP contribution is -2.21. The second kappa shape index (κ2) is 7.58. The summed E-state index contributed by atoms with van der Waals surface area (Å²) in [5.41, 5.74) is 0. The zero-order chi connectivity index (χ0) is 13.4. The van der Waals surface area contributed by atoms with E-state index < -0.39 is 11.4 Å². The minimum atomic E-state index is -0.620. The number of hydrogen-bond acceptors (Lipinski definition) is 8. The lowest BCUT2D eigenvalue weighted by molar-refractivity contribution is -0.493. The van der Waals surface area contributed by atoms with Crippen molar-refractivity contribution in [3.63, 3.8) is 0 Å². The van der Waals surface area contributed by atoms with Gasteiger partial charge in [0.25, 0.3) is 0 Å². The molecule has 1 rings (SSSR count). The first-order valence-corrected chi connectivity index (χ1v) is 4.96. The predicted octanol–water partition coefficient (Wildman–Crippen LogP) is 0.326. The summed E-state index contributed by atoms with van der Waals surface area (Å²) >= 11 is 0. The summed E-state index contributed by atoms with van der Waals surface area (Å²) in [6.07, 6.45) is 0. The Morgan fingerprint density at radius 1 is 1.17 bits per heavy atom. The molecule has 0 aromatic heterocycles. The van der Waals surface area contributed by atoms with Crippen LogP contribution in [-0.4, -0.2) is 46.7 Å². The third-order valence-corrected chi connectivity index (χ3v) is 1.72. The van der Waals surface area contributed by atoms with Gasteiger partial charge >= 0.3 is 5.97 Å². The van der Waals surface area contributed by atoms with Crippen molar-refractivity contribution in [3.8, 4) is 11.5 Å². The summed E-state index contributed by atoms with van der Waals surface area (Å²) in [7, 11) is 0. The summed E-state index contributed by atoms with van der Waals surface area (Å²) in [4.78, 5) is 15.4. The van der Waals surface area contributed by atoms with E-state index in [-0.39, 0.29) is 31.3 Å². The highest BCUT2D eigenvalue weighted by Crippen LogP contribution is 2.15. The molecule has 0 spiro atoms. The minimum absolute atomic E-state index is 0.0116. The topological polar surface area (TPSA) is 109 Å². The van der Waals surface area contributed by atoms with Gasteiger partial charge in [0.1, 0.15) is 18.1 Å². The van der Waals surface area contributed by atoms with Crippen LogP contribution in [0.3, 0.4) is 0 Å². The van der Waals surface area contributed by atoms with Crippen molar-refractivity contribution < 1.29 is 34.6 Å². The van der Waals surface area contributed by atoms with E-state index >= 15 is 0 Å². The van der Waals surface area contributed by atoms with Crippen LogP contribution in [0.4, 0.5) is 0 Å². The van der Waals surface area contributed by atoms with Gasteiger partial charge in [-0.05, 0) is 24.3 Å². The molecule has 3 N–H and O–H groups in total. The largest absolute Gasteiger partial charge is 0.508 e. The summed E-state index contributed by atoms with van der Waals surface area (Å²) in [5, 5.41) is 24.9. The predicted molar refractivity (Wildman–Crippen MR) is 55.9 cm³/mol. The van der Waals surface area contributed by atoms with Gasteiger partial charge in [-0.2, -0.15) is 0 Å². The fourth-order valence-electron chi connectivity index (χ4n) is 1.01. The monoisotopic (exact) mass is 259 g/mol. The standard InChI is InChI=1S/C10H13NO7/c12-8-1-3-9(4-2-8)18-10(13)7-16-5-6-17-11(14)15/h1-4,12,14-15H,5-7H2. The SMILES string of the molecule is O=C(COCCON(O)O)Oc1ccc(O)cc1. The van der Waals surface area contributed by atoms with Crippen molar-refractivity contribution in [1.29, 1.82) is 0 Å². The molecule has 0 saturated carbocycles. The molecule has 0 bridgehead atoms. The van der Waals surface area contributed by atoms with Crippen LogP contribution in [-0.2, 0) is 14.4 Å². The Kier molecular flexibility index (Phi) is 6.05. The number of aromatic hydroxyl groups is 1. The van der Waals surface area contributed by atoms with E-state index in [0.717, 1.165) is 0 Å². The minimum Gasteiger partial charge on any atom is -0.508 e. The number of ether oxygens (including phenoxy) is 2. The van der Waals surface area contributed by atoms with E-state index in [1.165, 1.54) is 24.3 Å². The Balaban J connectivity index is 2.16. The van der Waals surface area contributed by atoms with E-state index in [2.05, 4.69) is 4.84 Å². The van der Waals surface area contributed by atoms with E-state index in [4.69, 9.17) is 25.0 Å². The molecule has 0 unspecified atom stereocenters. The number of rotatable bonds is 7. The normalized spacial score (nSPS) is 10.6. The summed E-state index contributed by atoms with van der Waals surface area (Å²) in [5.74, 6) is -0.263. The Bertz CT molecular complexity index is 365. The van der Waals surface area contributed by atoms with Crippen LogP contribution in [0.15, 0.2) is 24.3 Å². The van der Waals surface area contributed by atoms with Crippen LogP contribution in [0.25, 0.3) is 0 Å². The maximum atomic E-state index is 11.2. The number of phenolic OH excluding ortho intramolecular Hbond substituents is 1. The summed E-state index contributed by atoms with van der Waals surface area (Å²) in [6.45, 7) is -0.442. The maximum Gasteiger partial charge on any atom is 0.337 e. The first kappa shape index (κ1) is 14.4. The van der Waals surface area contributed by atoms with Crippen molar-refractivity contribution in [2.75, 3.05) is 19.8 Å². The quantitative estimate of drug-likeness (QED) is 0.278. The van der Waals surface area contributed by atoms with Gasteiger partial charge in [0.2, 0.25) is 0 Å². The molecule has 0 radical (unpaired) electrons. The van der Waals surface area contributed by atoms with Crippen molar-refractivity contribution in [3.05, 3.63) is 24.3 Å².